The van der Waals surface area contributed by atoms with Gasteiger partial charge >= 0.3 is 0 Å². The largest absolute Gasteiger partial charge is 0.397 e. The Morgan fingerprint density at radius 2 is 1.94 bits per heavy atom. The number of benzene rings is 1. The first kappa shape index (κ1) is 14.8. The molecular weight excluding hydrogens is 250 g/mol. The van der Waals surface area contributed by atoms with Gasteiger partial charge in [-0.3, -0.25) is 0 Å². The predicted octanol–water partition coefficient (Wildman–Crippen LogP) is 1.32. The van der Waals surface area contributed by atoms with E-state index < -0.39 is 15.6 Å². The lowest BCUT2D eigenvalue weighted by Gasteiger charge is -2.26. The summed E-state index contributed by atoms with van der Waals surface area (Å²) >= 11 is 0. The molecule has 0 atom stereocenters. The van der Waals surface area contributed by atoms with Gasteiger partial charge in [0.15, 0.2) is 0 Å². The normalized spacial score (nSPS) is 12.4. The summed E-state index contributed by atoms with van der Waals surface area (Å²) < 4.78 is 25.0. The maximum atomic E-state index is 11.2. The van der Waals surface area contributed by atoms with Gasteiger partial charge in [0.1, 0.15) is 0 Å². The SMILES string of the molecule is Cc1ccc(NCC(C)(C)NS(C)(=O)=O)c(N)c1. The molecule has 0 saturated carbocycles. The van der Waals surface area contributed by atoms with E-state index in [0.29, 0.717) is 12.2 Å². The maximum absolute atomic E-state index is 11.2. The molecule has 4 N–H and O–H groups in total. The van der Waals surface area contributed by atoms with Gasteiger partial charge in [0.25, 0.3) is 0 Å². The van der Waals surface area contributed by atoms with Crippen molar-refractivity contribution in [2.24, 2.45) is 0 Å². The first-order chi connectivity index (χ1) is 8.09. The quantitative estimate of drug-likeness (QED) is 0.705. The van der Waals surface area contributed by atoms with Crippen molar-refractivity contribution >= 4 is 21.4 Å². The molecule has 0 radical (unpaired) electrons. The minimum Gasteiger partial charge on any atom is -0.397 e. The van der Waals surface area contributed by atoms with Crippen molar-refractivity contribution in [2.75, 3.05) is 23.9 Å². The van der Waals surface area contributed by atoms with E-state index in [1.165, 1.54) is 0 Å². The number of nitrogens with one attached hydrogen (secondary N) is 2. The number of sulfonamides is 1. The van der Waals surface area contributed by atoms with Crippen molar-refractivity contribution in [1.29, 1.82) is 0 Å². The summed E-state index contributed by atoms with van der Waals surface area (Å²) in [6.45, 7) is 6.04. The minimum atomic E-state index is -3.22. The standard InChI is InChI=1S/C12H21N3O2S/c1-9-5-6-11(10(13)7-9)14-8-12(2,3)15-18(4,16)17/h5-7,14-15H,8,13H2,1-4H3. The Morgan fingerprint density at radius 1 is 1.33 bits per heavy atom. The van der Waals surface area contributed by atoms with Crippen LogP contribution in [0, 0.1) is 6.92 Å². The van der Waals surface area contributed by atoms with E-state index in [0.717, 1.165) is 17.5 Å². The van der Waals surface area contributed by atoms with Crippen LogP contribution in [0.4, 0.5) is 11.4 Å². The molecule has 0 aliphatic carbocycles. The third-order valence-corrected chi connectivity index (χ3v) is 3.31. The zero-order valence-corrected chi connectivity index (χ0v) is 12.1. The van der Waals surface area contributed by atoms with Gasteiger partial charge in [-0.1, -0.05) is 6.07 Å². The molecular formula is C12H21N3O2S. The predicted molar refractivity (Wildman–Crippen MR) is 76.1 cm³/mol. The van der Waals surface area contributed by atoms with Crippen LogP contribution < -0.4 is 15.8 Å². The molecule has 1 rings (SSSR count). The molecule has 0 heterocycles. The average Bonchev–Trinajstić information content (AvgIpc) is 2.12. The van der Waals surface area contributed by atoms with E-state index in [1.54, 1.807) is 0 Å². The molecule has 0 unspecified atom stereocenters. The second kappa shape index (κ2) is 5.16. The van der Waals surface area contributed by atoms with Crippen molar-refractivity contribution in [3.05, 3.63) is 23.8 Å². The average molecular weight is 271 g/mol. The number of aryl methyl sites for hydroxylation is 1. The lowest BCUT2D eigenvalue weighted by atomic mass is 10.1. The van der Waals surface area contributed by atoms with E-state index in [1.807, 2.05) is 39.0 Å². The fourth-order valence-electron chi connectivity index (χ4n) is 1.70. The molecule has 5 nitrogen and oxygen atoms in total. The lowest BCUT2D eigenvalue weighted by molar-refractivity contribution is 0.476. The number of rotatable bonds is 5. The molecule has 18 heavy (non-hydrogen) atoms. The molecule has 6 heteroatoms. The monoisotopic (exact) mass is 271 g/mol. The zero-order valence-electron chi connectivity index (χ0n) is 11.2. The van der Waals surface area contributed by atoms with Crippen LogP contribution in [0.25, 0.3) is 0 Å². The van der Waals surface area contributed by atoms with Gasteiger partial charge in [-0.25, -0.2) is 13.1 Å². The van der Waals surface area contributed by atoms with Crippen molar-refractivity contribution in [3.63, 3.8) is 0 Å². The van der Waals surface area contributed by atoms with Gasteiger partial charge in [-0.2, -0.15) is 0 Å². The van der Waals surface area contributed by atoms with Gasteiger partial charge in [0.05, 0.1) is 17.6 Å². The molecule has 0 bridgehead atoms. The van der Waals surface area contributed by atoms with E-state index in [2.05, 4.69) is 10.0 Å². The Bertz CT molecular complexity index is 524. The molecule has 0 aromatic heterocycles. The Morgan fingerprint density at radius 3 is 2.44 bits per heavy atom. The van der Waals surface area contributed by atoms with Crippen LogP contribution in [0.3, 0.4) is 0 Å². The van der Waals surface area contributed by atoms with Gasteiger partial charge in [0.2, 0.25) is 10.0 Å². The molecule has 1 aromatic rings. The second-order valence-electron chi connectivity index (χ2n) is 5.20. The van der Waals surface area contributed by atoms with Crippen LogP contribution in [0.15, 0.2) is 18.2 Å². The summed E-state index contributed by atoms with van der Waals surface area (Å²) in [5.74, 6) is 0. The minimum absolute atomic E-state index is 0.452. The summed E-state index contributed by atoms with van der Waals surface area (Å²) in [6, 6.07) is 5.72. The van der Waals surface area contributed by atoms with Crippen LogP contribution in [-0.4, -0.2) is 26.8 Å². The second-order valence-corrected chi connectivity index (χ2v) is 6.95. The summed E-state index contributed by atoms with van der Waals surface area (Å²) in [6.07, 6.45) is 1.15. The summed E-state index contributed by atoms with van der Waals surface area (Å²) in [4.78, 5) is 0. The highest BCUT2D eigenvalue weighted by Crippen LogP contribution is 2.20. The first-order valence-electron chi connectivity index (χ1n) is 5.68. The van der Waals surface area contributed by atoms with Gasteiger partial charge < -0.3 is 11.1 Å². The van der Waals surface area contributed by atoms with Crippen molar-refractivity contribution in [3.8, 4) is 0 Å². The number of hydrogen-bond acceptors (Lipinski definition) is 4. The molecule has 102 valence electrons. The highest BCUT2D eigenvalue weighted by atomic mass is 32.2. The lowest BCUT2D eigenvalue weighted by Crippen LogP contribution is -2.47. The van der Waals surface area contributed by atoms with Crippen LogP contribution in [0.2, 0.25) is 0 Å². The summed E-state index contributed by atoms with van der Waals surface area (Å²) in [5, 5.41) is 3.15. The van der Waals surface area contributed by atoms with Crippen LogP contribution in [0.5, 0.6) is 0 Å². The number of nitrogen functional groups attached to an aromatic ring is 1. The Kier molecular flexibility index (Phi) is 4.24. The fourth-order valence-corrected chi connectivity index (χ4v) is 2.77. The fraction of sp³-hybridized carbons (Fsp3) is 0.500. The van der Waals surface area contributed by atoms with E-state index >= 15 is 0 Å². The number of hydrogen-bond donors (Lipinski definition) is 3. The molecule has 0 aliphatic rings. The number of anilines is 2. The van der Waals surface area contributed by atoms with Gasteiger partial charge in [-0.15, -0.1) is 0 Å². The Balaban J connectivity index is 2.70. The molecule has 1 aromatic carbocycles. The smallest absolute Gasteiger partial charge is 0.209 e. The molecule has 0 aliphatic heterocycles. The highest BCUT2D eigenvalue weighted by Gasteiger charge is 2.21. The van der Waals surface area contributed by atoms with E-state index in [-0.39, 0.29) is 0 Å². The summed E-state index contributed by atoms with van der Waals surface area (Å²) in [7, 11) is -3.22. The number of nitrogens with two attached hydrogens (primary N) is 1. The van der Waals surface area contributed by atoms with Crippen LogP contribution in [-0.2, 0) is 10.0 Å². The molecule has 0 fully saturated rings. The van der Waals surface area contributed by atoms with E-state index in [4.69, 9.17) is 5.73 Å². The molecule has 0 amide bonds. The van der Waals surface area contributed by atoms with Crippen molar-refractivity contribution < 1.29 is 8.42 Å². The van der Waals surface area contributed by atoms with E-state index in [9.17, 15) is 8.42 Å². The third kappa shape index (κ3) is 4.93. The summed E-state index contributed by atoms with van der Waals surface area (Å²) in [5.41, 5.74) is 7.85. The first-order valence-corrected chi connectivity index (χ1v) is 7.57. The van der Waals surface area contributed by atoms with Crippen LogP contribution in [0.1, 0.15) is 19.4 Å². The molecule has 0 saturated heterocycles. The third-order valence-electron chi connectivity index (χ3n) is 2.39. The Hall–Kier alpha value is -1.27. The topological polar surface area (TPSA) is 84.2 Å². The maximum Gasteiger partial charge on any atom is 0.209 e. The zero-order chi connectivity index (χ0) is 14.0. The Labute approximate surface area is 109 Å². The van der Waals surface area contributed by atoms with Gasteiger partial charge in [-0.05, 0) is 38.5 Å². The van der Waals surface area contributed by atoms with Crippen LogP contribution >= 0.6 is 0 Å². The van der Waals surface area contributed by atoms with Crippen molar-refractivity contribution in [2.45, 2.75) is 26.3 Å². The highest BCUT2D eigenvalue weighted by molar-refractivity contribution is 7.88. The molecule has 0 spiro atoms. The van der Waals surface area contributed by atoms with Crippen molar-refractivity contribution in [1.82, 2.24) is 4.72 Å². The van der Waals surface area contributed by atoms with Gasteiger partial charge in [0, 0.05) is 12.1 Å².